The molecule has 2 fully saturated rings. The summed E-state index contributed by atoms with van der Waals surface area (Å²) in [6, 6.07) is 6.04. The van der Waals surface area contributed by atoms with Crippen LogP contribution in [0.3, 0.4) is 0 Å². The lowest BCUT2D eigenvalue weighted by atomic mass is 10.1. The maximum atomic E-state index is 13.0. The molecule has 1 aromatic heterocycles. The number of thiocarbonyl (C=S) groups is 1. The standard InChI is InChI=1S/C22H24BrN3O2S2/c1-2-26-21(28)19(30-22(26)29)11-15-13-25(18-8-7-16(23)12-17(15)18)14-20(27)24-9-5-3-4-6-10-24/h7-8,11-13H,2-6,9-10,14H2,1H3/b19-11-. The van der Waals surface area contributed by atoms with E-state index < -0.39 is 0 Å². The average molecular weight is 506 g/mol. The Bertz CT molecular complexity index is 1040. The summed E-state index contributed by atoms with van der Waals surface area (Å²) in [7, 11) is 0. The molecule has 8 heteroatoms. The van der Waals surface area contributed by atoms with Gasteiger partial charge in [-0.2, -0.15) is 0 Å². The predicted molar refractivity (Wildman–Crippen MR) is 130 cm³/mol. The molecule has 0 N–H and O–H groups in total. The fourth-order valence-corrected chi connectivity index (χ4v) is 5.76. The summed E-state index contributed by atoms with van der Waals surface area (Å²) in [6.07, 6.45) is 8.43. The summed E-state index contributed by atoms with van der Waals surface area (Å²) in [4.78, 5) is 29.8. The number of nitrogens with zero attached hydrogens (tertiary/aromatic N) is 3. The van der Waals surface area contributed by atoms with Crippen LogP contribution in [0.2, 0.25) is 0 Å². The number of hydrogen-bond acceptors (Lipinski definition) is 4. The third-order valence-electron chi connectivity index (χ3n) is 5.61. The van der Waals surface area contributed by atoms with Gasteiger partial charge in [-0.15, -0.1) is 0 Å². The van der Waals surface area contributed by atoms with Gasteiger partial charge in [0.2, 0.25) is 5.91 Å². The summed E-state index contributed by atoms with van der Waals surface area (Å²) >= 11 is 10.2. The second-order valence-electron chi connectivity index (χ2n) is 7.59. The predicted octanol–water partition coefficient (Wildman–Crippen LogP) is 5.03. The monoisotopic (exact) mass is 505 g/mol. The van der Waals surface area contributed by atoms with Crippen LogP contribution in [0.5, 0.6) is 0 Å². The second kappa shape index (κ2) is 9.24. The molecule has 2 aliphatic rings. The lowest BCUT2D eigenvalue weighted by Gasteiger charge is -2.20. The van der Waals surface area contributed by atoms with E-state index in [1.807, 2.05) is 46.9 Å². The minimum Gasteiger partial charge on any atom is -0.341 e. The first-order valence-electron chi connectivity index (χ1n) is 10.3. The Morgan fingerprint density at radius 3 is 2.63 bits per heavy atom. The van der Waals surface area contributed by atoms with Crippen molar-refractivity contribution in [3.8, 4) is 0 Å². The number of thioether (sulfide) groups is 1. The Morgan fingerprint density at radius 2 is 1.97 bits per heavy atom. The quantitative estimate of drug-likeness (QED) is 0.431. The number of carbonyl (C=O) groups is 2. The molecular weight excluding hydrogens is 482 g/mol. The molecule has 0 saturated carbocycles. The zero-order valence-electron chi connectivity index (χ0n) is 16.9. The van der Waals surface area contributed by atoms with E-state index in [0.29, 0.717) is 22.3 Å². The van der Waals surface area contributed by atoms with Gasteiger partial charge in [0.05, 0.1) is 4.91 Å². The van der Waals surface area contributed by atoms with Crippen molar-refractivity contribution < 1.29 is 9.59 Å². The number of aromatic nitrogens is 1. The Hall–Kier alpha value is -1.64. The van der Waals surface area contributed by atoms with Crippen molar-refractivity contribution in [3.63, 3.8) is 0 Å². The SMILES string of the molecule is CCN1C(=O)/C(=C/c2cn(CC(=O)N3CCCCCC3)c3ccc(Br)cc23)SC1=S. The molecule has 0 aliphatic carbocycles. The molecule has 5 nitrogen and oxygen atoms in total. The second-order valence-corrected chi connectivity index (χ2v) is 10.2. The van der Waals surface area contributed by atoms with Gasteiger partial charge in [0.1, 0.15) is 10.9 Å². The molecule has 4 rings (SSSR count). The van der Waals surface area contributed by atoms with E-state index >= 15 is 0 Å². The number of rotatable bonds is 4. The topological polar surface area (TPSA) is 45.6 Å². The number of halogens is 1. The number of benzene rings is 1. The van der Waals surface area contributed by atoms with Gasteiger partial charge in [-0.3, -0.25) is 14.5 Å². The van der Waals surface area contributed by atoms with E-state index in [1.54, 1.807) is 4.90 Å². The molecule has 3 heterocycles. The lowest BCUT2D eigenvalue weighted by Crippen LogP contribution is -2.34. The van der Waals surface area contributed by atoms with E-state index in [-0.39, 0.29) is 11.8 Å². The molecule has 2 aromatic rings. The first-order valence-corrected chi connectivity index (χ1v) is 12.3. The van der Waals surface area contributed by atoms with Crippen molar-refractivity contribution >= 4 is 73.0 Å². The van der Waals surface area contributed by atoms with Crippen molar-refractivity contribution in [1.82, 2.24) is 14.4 Å². The molecule has 0 bridgehead atoms. The van der Waals surface area contributed by atoms with Crippen LogP contribution in [-0.2, 0) is 16.1 Å². The maximum Gasteiger partial charge on any atom is 0.266 e. The van der Waals surface area contributed by atoms with Gasteiger partial charge in [-0.1, -0.05) is 52.8 Å². The summed E-state index contributed by atoms with van der Waals surface area (Å²) in [5.74, 6) is 0.101. The molecule has 2 saturated heterocycles. The van der Waals surface area contributed by atoms with Crippen LogP contribution >= 0.6 is 39.9 Å². The summed E-state index contributed by atoms with van der Waals surface area (Å²) in [5.41, 5.74) is 1.91. The number of likely N-dealkylation sites (N-methyl/N-ethyl adjacent to an activating group) is 1. The van der Waals surface area contributed by atoms with E-state index in [9.17, 15) is 9.59 Å². The smallest absolute Gasteiger partial charge is 0.266 e. The Kier molecular flexibility index (Phi) is 6.65. The molecule has 158 valence electrons. The molecule has 0 atom stereocenters. The molecule has 1 aromatic carbocycles. The number of fused-ring (bicyclic) bond motifs is 1. The van der Waals surface area contributed by atoms with E-state index in [2.05, 4.69) is 15.9 Å². The van der Waals surface area contributed by atoms with Gasteiger partial charge in [0, 0.05) is 46.8 Å². The minimum atomic E-state index is -0.0518. The molecule has 0 radical (unpaired) electrons. The van der Waals surface area contributed by atoms with Crippen LogP contribution < -0.4 is 0 Å². The summed E-state index contributed by atoms with van der Waals surface area (Å²) < 4.78 is 3.55. The summed E-state index contributed by atoms with van der Waals surface area (Å²) in [6.45, 7) is 4.48. The van der Waals surface area contributed by atoms with Crippen molar-refractivity contribution in [1.29, 1.82) is 0 Å². The van der Waals surface area contributed by atoms with Crippen LogP contribution in [0, 0.1) is 0 Å². The van der Waals surface area contributed by atoms with Crippen molar-refractivity contribution in [2.45, 2.75) is 39.2 Å². The van der Waals surface area contributed by atoms with Gasteiger partial charge in [0.25, 0.3) is 5.91 Å². The maximum absolute atomic E-state index is 13.0. The van der Waals surface area contributed by atoms with Crippen molar-refractivity contribution in [2.24, 2.45) is 0 Å². The normalized spacial score (nSPS) is 19.2. The van der Waals surface area contributed by atoms with Gasteiger partial charge in [-0.25, -0.2) is 0 Å². The Balaban J connectivity index is 1.67. The largest absolute Gasteiger partial charge is 0.341 e. The van der Waals surface area contributed by atoms with Crippen LogP contribution in [0.15, 0.2) is 33.8 Å². The molecular formula is C22H24BrN3O2S2. The van der Waals surface area contributed by atoms with Gasteiger partial charge < -0.3 is 9.47 Å². The van der Waals surface area contributed by atoms with Crippen LogP contribution in [0.1, 0.15) is 38.2 Å². The summed E-state index contributed by atoms with van der Waals surface area (Å²) in [5, 5.41) is 1.01. The third-order valence-corrected chi connectivity index (χ3v) is 7.49. The highest BCUT2D eigenvalue weighted by Gasteiger charge is 2.31. The molecule has 30 heavy (non-hydrogen) atoms. The van der Waals surface area contributed by atoms with E-state index in [0.717, 1.165) is 46.9 Å². The number of carbonyl (C=O) groups excluding carboxylic acids is 2. The highest BCUT2D eigenvalue weighted by atomic mass is 79.9. The fraction of sp³-hybridized carbons (Fsp3) is 0.409. The first-order chi connectivity index (χ1) is 14.5. The van der Waals surface area contributed by atoms with E-state index in [1.165, 1.54) is 24.6 Å². The highest BCUT2D eigenvalue weighted by molar-refractivity contribution is 9.10. The van der Waals surface area contributed by atoms with E-state index in [4.69, 9.17) is 12.2 Å². The minimum absolute atomic E-state index is 0.0518. The Labute approximate surface area is 194 Å². The first kappa shape index (κ1) is 21.6. The molecule has 2 aliphatic heterocycles. The molecule has 0 spiro atoms. The molecule has 0 unspecified atom stereocenters. The zero-order chi connectivity index (χ0) is 21.3. The van der Waals surface area contributed by atoms with Crippen LogP contribution in [0.4, 0.5) is 0 Å². The fourth-order valence-electron chi connectivity index (χ4n) is 4.02. The number of hydrogen-bond donors (Lipinski definition) is 0. The van der Waals surface area contributed by atoms with Crippen LogP contribution in [-0.4, -0.2) is 50.1 Å². The average Bonchev–Trinajstić information content (AvgIpc) is 3.03. The zero-order valence-corrected chi connectivity index (χ0v) is 20.1. The molecule has 2 amide bonds. The number of likely N-dealkylation sites (tertiary alicyclic amines) is 1. The third kappa shape index (κ3) is 4.36. The highest BCUT2D eigenvalue weighted by Crippen LogP contribution is 2.35. The van der Waals surface area contributed by atoms with Gasteiger partial charge >= 0.3 is 0 Å². The lowest BCUT2D eigenvalue weighted by molar-refractivity contribution is -0.131. The van der Waals surface area contributed by atoms with Gasteiger partial charge in [0.15, 0.2) is 0 Å². The Morgan fingerprint density at radius 1 is 1.23 bits per heavy atom. The van der Waals surface area contributed by atoms with Crippen molar-refractivity contribution in [3.05, 3.63) is 39.3 Å². The van der Waals surface area contributed by atoms with Crippen molar-refractivity contribution in [2.75, 3.05) is 19.6 Å². The number of amides is 2. The van der Waals surface area contributed by atoms with Crippen LogP contribution in [0.25, 0.3) is 17.0 Å². The van der Waals surface area contributed by atoms with Gasteiger partial charge in [-0.05, 0) is 44.0 Å².